The molecule has 12 heteroatoms. The Morgan fingerprint density at radius 2 is 1.95 bits per heavy atom. The van der Waals surface area contributed by atoms with Crippen LogP contribution in [0.1, 0.15) is 30.0 Å². The largest absolute Gasteiger partial charge is 0.427 e. The molecule has 1 spiro atoms. The molecule has 1 N–H and O–H groups in total. The van der Waals surface area contributed by atoms with E-state index in [0.29, 0.717) is 22.4 Å². The molecule has 2 aromatic carbocycles. The van der Waals surface area contributed by atoms with Crippen molar-refractivity contribution in [1.82, 2.24) is 15.2 Å². The van der Waals surface area contributed by atoms with Gasteiger partial charge in [-0.15, -0.1) is 11.3 Å². The fourth-order valence-corrected chi connectivity index (χ4v) is 5.37. The number of aromatic nitrogens is 1. The highest BCUT2D eigenvalue weighted by Crippen LogP contribution is 2.47. The summed E-state index contributed by atoms with van der Waals surface area (Å²) < 4.78 is 58.6. The lowest BCUT2D eigenvalue weighted by Gasteiger charge is -2.27. The molecule has 7 nitrogen and oxygen atoms in total. The minimum absolute atomic E-state index is 0.119. The van der Waals surface area contributed by atoms with Crippen molar-refractivity contribution >= 4 is 29.2 Å². The van der Waals surface area contributed by atoms with Gasteiger partial charge in [0.1, 0.15) is 17.9 Å². The maximum Gasteiger partial charge on any atom is 0.418 e. The Morgan fingerprint density at radius 3 is 2.61 bits per heavy atom. The Morgan fingerprint density at radius 1 is 1.21 bits per heavy atom. The van der Waals surface area contributed by atoms with E-state index in [9.17, 15) is 31.9 Å². The van der Waals surface area contributed by atoms with Gasteiger partial charge >= 0.3 is 12.3 Å². The van der Waals surface area contributed by atoms with E-state index in [4.69, 9.17) is 4.74 Å². The topological polar surface area (TPSA) is 88.6 Å². The molecule has 3 amide bonds. The van der Waals surface area contributed by atoms with E-state index < -0.39 is 47.6 Å². The third-order valence-electron chi connectivity index (χ3n) is 6.84. The smallest absolute Gasteiger partial charge is 0.418 e. The Labute approximate surface area is 218 Å². The van der Waals surface area contributed by atoms with Crippen LogP contribution in [0.15, 0.2) is 53.4 Å². The number of carbonyl (C=O) groups is 3. The van der Waals surface area contributed by atoms with Crippen molar-refractivity contribution in [1.29, 1.82) is 0 Å². The number of amides is 3. The van der Waals surface area contributed by atoms with Gasteiger partial charge in [-0.25, -0.2) is 19.1 Å². The SMILES string of the molecule is C[C@H](NC(=O)C(Cc1ccc(F)cc1)N1C(=O)O[C@@]2(CCc3cc(-c4cscn4)ccc32)C1=O)C(F)(F)F. The zero-order valence-corrected chi connectivity index (χ0v) is 20.7. The maximum atomic E-state index is 13.8. The molecule has 1 aliphatic carbocycles. The number of rotatable bonds is 6. The van der Waals surface area contributed by atoms with Gasteiger partial charge in [0.25, 0.3) is 5.91 Å². The van der Waals surface area contributed by atoms with Gasteiger partial charge in [0.05, 0.1) is 11.2 Å². The quantitative estimate of drug-likeness (QED) is 0.450. The third-order valence-corrected chi connectivity index (χ3v) is 7.43. The zero-order chi connectivity index (χ0) is 27.2. The van der Waals surface area contributed by atoms with Gasteiger partial charge in [-0.05, 0) is 42.7 Å². The number of fused-ring (bicyclic) bond motifs is 2. The number of nitrogens with one attached hydrogen (secondary N) is 1. The second-order valence-electron chi connectivity index (χ2n) is 9.23. The lowest BCUT2D eigenvalue weighted by Crippen LogP contribution is -2.55. The average Bonchev–Trinajstić information content (AvgIpc) is 3.58. The van der Waals surface area contributed by atoms with E-state index in [1.54, 1.807) is 17.6 Å². The fraction of sp³-hybridized carbons (Fsp3) is 0.308. The molecule has 198 valence electrons. The van der Waals surface area contributed by atoms with Gasteiger partial charge in [0, 0.05) is 29.3 Å². The summed E-state index contributed by atoms with van der Waals surface area (Å²) in [5.74, 6) is -2.57. The van der Waals surface area contributed by atoms with Crippen LogP contribution in [-0.4, -0.2) is 46.1 Å². The Kier molecular flexibility index (Phi) is 6.46. The highest BCUT2D eigenvalue weighted by molar-refractivity contribution is 7.07. The molecule has 1 saturated heterocycles. The first-order valence-electron chi connectivity index (χ1n) is 11.7. The lowest BCUT2D eigenvalue weighted by atomic mass is 9.93. The van der Waals surface area contributed by atoms with Crippen molar-refractivity contribution in [3.8, 4) is 11.3 Å². The van der Waals surface area contributed by atoms with Gasteiger partial charge in [-0.1, -0.05) is 24.3 Å². The number of ether oxygens (including phenoxy) is 1. The number of thiazole rings is 1. The molecule has 2 heterocycles. The number of benzene rings is 2. The van der Waals surface area contributed by atoms with Crippen molar-refractivity contribution in [2.24, 2.45) is 0 Å². The lowest BCUT2D eigenvalue weighted by molar-refractivity contribution is -0.160. The molecule has 0 saturated carbocycles. The summed E-state index contributed by atoms with van der Waals surface area (Å²) in [6.45, 7) is 0.756. The molecule has 2 aliphatic rings. The number of carbonyl (C=O) groups excluding carboxylic acids is 3. The number of hydrogen-bond donors (Lipinski definition) is 1. The first-order valence-corrected chi connectivity index (χ1v) is 12.6. The number of halogens is 4. The zero-order valence-electron chi connectivity index (χ0n) is 19.9. The van der Waals surface area contributed by atoms with E-state index in [-0.39, 0.29) is 12.8 Å². The van der Waals surface area contributed by atoms with Crippen LogP contribution in [0.25, 0.3) is 11.3 Å². The van der Waals surface area contributed by atoms with Crippen LogP contribution in [0.5, 0.6) is 0 Å². The number of nitrogens with zero attached hydrogens (tertiary/aromatic N) is 2. The molecule has 1 unspecified atom stereocenters. The summed E-state index contributed by atoms with van der Waals surface area (Å²) in [4.78, 5) is 44.8. The first kappa shape index (κ1) is 25.8. The minimum atomic E-state index is -4.74. The molecule has 5 rings (SSSR count). The molecule has 1 aromatic heterocycles. The summed E-state index contributed by atoms with van der Waals surface area (Å²) in [7, 11) is 0. The van der Waals surface area contributed by atoms with Crippen LogP contribution in [-0.2, 0) is 32.8 Å². The van der Waals surface area contributed by atoms with E-state index >= 15 is 0 Å². The first-order chi connectivity index (χ1) is 18.0. The van der Waals surface area contributed by atoms with Crippen LogP contribution in [0.4, 0.5) is 22.4 Å². The van der Waals surface area contributed by atoms with Gasteiger partial charge in [-0.2, -0.15) is 13.2 Å². The summed E-state index contributed by atoms with van der Waals surface area (Å²) >= 11 is 1.43. The van der Waals surface area contributed by atoms with E-state index in [1.807, 2.05) is 16.8 Å². The van der Waals surface area contributed by atoms with Crippen LogP contribution in [0.2, 0.25) is 0 Å². The van der Waals surface area contributed by atoms with E-state index in [1.165, 1.54) is 23.5 Å². The molecule has 0 bridgehead atoms. The van der Waals surface area contributed by atoms with Gasteiger partial charge in [-0.3, -0.25) is 9.59 Å². The second kappa shape index (κ2) is 9.50. The molecular weight excluding hydrogens is 526 g/mol. The van der Waals surface area contributed by atoms with Gasteiger partial charge in [0.2, 0.25) is 11.5 Å². The minimum Gasteiger partial charge on any atom is -0.427 e. The van der Waals surface area contributed by atoms with Crippen molar-refractivity contribution in [3.63, 3.8) is 0 Å². The molecule has 0 radical (unpaired) electrons. The molecule has 38 heavy (non-hydrogen) atoms. The average molecular weight is 548 g/mol. The molecule has 3 aromatic rings. The molecule has 1 fully saturated rings. The number of hydrogen-bond acceptors (Lipinski definition) is 6. The van der Waals surface area contributed by atoms with Crippen LogP contribution in [0, 0.1) is 5.82 Å². The summed E-state index contributed by atoms with van der Waals surface area (Å²) in [5, 5.41) is 3.72. The summed E-state index contributed by atoms with van der Waals surface area (Å²) in [5.41, 5.74) is 3.15. The standard InChI is InChI=1S/C26H21F4N3O4S/c1-14(26(28,29)30)32-22(34)21(10-15-2-5-18(27)6-3-15)33-23(35)25(37-24(33)36)9-8-16-11-17(4-7-19(16)25)20-12-38-13-31-20/h2-7,11-14,21H,8-10H2,1H3,(H,32,34)/t14-,21?,25+/m0/s1. The Hall–Kier alpha value is -3.80. The van der Waals surface area contributed by atoms with Crippen molar-refractivity contribution < 1.29 is 36.7 Å². The monoisotopic (exact) mass is 547 g/mol. The third kappa shape index (κ3) is 4.53. The van der Waals surface area contributed by atoms with Crippen molar-refractivity contribution in [2.75, 3.05) is 0 Å². The summed E-state index contributed by atoms with van der Waals surface area (Å²) in [6.07, 6.45) is -5.68. The van der Waals surface area contributed by atoms with E-state index in [2.05, 4.69) is 4.98 Å². The number of aryl methyl sites for hydroxylation is 1. The highest BCUT2D eigenvalue weighted by atomic mass is 32.1. The van der Waals surface area contributed by atoms with Crippen molar-refractivity contribution in [2.45, 2.75) is 50.0 Å². The molecular formula is C26H21F4N3O4S. The van der Waals surface area contributed by atoms with Crippen LogP contribution in [0.3, 0.4) is 0 Å². The van der Waals surface area contributed by atoms with Crippen LogP contribution >= 0.6 is 11.3 Å². The van der Waals surface area contributed by atoms with Crippen molar-refractivity contribution in [3.05, 3.63) is 75.9 Å². The predicted octanol–water partition coefficient (Wildman–Crippen LogP) is 4.75. The number of imide groups is 1. The van der Waals surface area contributed by atoms with Gasteiger partial charge in [0.15, 0.2) is 0 Å². The van der Waals surface area contributed by atoms with Gasteiger partial charge < -0.3 is 10.1 Å². The predicted molar refractivity (Wildman–Crippen MR) is 128 cm³/mol. The Balaban J connectivity index is 1.48. The molecule has 3 atom stereocenters. The highest BCUT2D eigenvalue weighted by Gasteiger charge is 2.60. The second-order valence-corrected chi connectivity index (χ2v) is 9.95. The number of alkyl halides is 3. The maximum absolute atomic E-state index is 13.8. The summed E-state index contributed by atoms with van der Waals surface area (Å²) in [6, 6.07) is 6.28. The van der Waals surface area contributed by atoms with Crippen LogP contribution < -0.4 is 5.32 Å². The fourth-order valence-electron chi connectivity index (χ4n) is 4.81. The Bertz CT molecular complexity index is 1390. The van der Waals surface area contributed by atoms with E-state index in [0.717, 1.165) is 35.9 Å². The normalized spacial score (nSPS) is 20.4. The molecule has 1 aliphatic heterocycles.